The van der Waals surface area contributed by atoms with E-state index in [-0.39, 0.29) is 12.5 Å². The average Bonchev–Trinajstić information content (AvgIpc) is 2.73. The Morgan fingerprint density at radius 1 is 1.28 bits per heavy atom. The lowest BCUT2D eigenvalue weighted by atomic mass is 9.87. The van der Waals surface area contributed by atoms with E-state index in [4.69, 9.17) is 5.11 Å². The predicted octanol–water partition coefficient (Wildman–Crippen LogP) is 1.13. The molecule has 1 aliphatic carbocycles. The minimum atomic E-state index is -0.989. The maximum absolute atomic E-state index is 11.7. The third-order valence-corrected chi connectivity index (χ3v) is 3.32. The summed E-state index contributed by atoms with van der Waals surface area (Å²) >= 11 is 0. The van der Waals surface area contributed by atoms with E-state index < -0.39 is 17.4 Å². The fraction of sp³-hybridized carbons (Fsp3) is 0.846. The Labute approximate surface area is 108 Å². The van der Waals surface area contributed by atoms with Crippen LogP contribution in [-0.2, 0) is 9.59 Å². The monoisotopic (exact) mass is 256 g/mol. The van der Waals surface area contributed by atoms with Crippen molar-refractivity contribution in [3.63, 3.8) is 0 Å². The first-order chi connectivity index (χ1) is 8.30. The van der Waals surface area contributed by atoms with Gasteiger partial charge in [-0.2, -0.15) is 0 Å². The summed E-state index contributed by atoms with van der Waals surface area (Å²) in [6, 6.07) is -0.441. The fourth-order valence-corrected chi connectivity index (χ4v) is 2.23. The van der Waals surface area contributed by atoms with Crippen LogP contribution in [0.2, 0.25) is 0 Å². The van der Waals surface area contributed by atoms with Gasteiger partial charge in [-0.3, -0.25) is 4.79 Å². The molecular formula is C13H24N2O3. The van der Waals surface area contributed by atoms with Crippen LogP contribution in [0.25, 0.3) is 0 Å². The molecule has 0 aromatic rings. The number of carbonyl (C=O) groups is 2. The summed E-state index contributed by atoms with van der Waals surface area (Å²) in [4.78, 5) is 22.8. The molecule has 5 nitrogen and oxygen atoms in total. The summed E-state index contributed by atoms with van der Waals surface area (Å²) in [6.07, 6.45) is 4.63. The minimum absolute atomic E-state index is 0.199. The summed E-state index contributed by atoms with van der Waals surface area (Å²) < 4.78 is 0. The number of carboxylic acids is 1. The van der Waals surface area contributed by atoms with Crippen LogP contribution < -0.4 is 10.6 Å². The summed E-state index contributed by atoms with van der Waals surface area (Å²) in [7, 11) is 0. The summed E-state index contributed by atoms with van der Waals surface area (Å²) in [5.41, 5.74) is -0.491. The van der Waals surface area contributed by atoms with E-state index in [2.05, 4.69) is 10.6 Å². The van der Waals surface area contributed by atoms with Crippen LogP contribution in [0.5, 0.6) is 0 Å². The minimum Gasteiger partial charge on any atom is -0.480 e. The van der Waals surface area contributed by atoms with Gasteiger partial charge in [-0.05, 0) is 18.3 Å². The van der Waals surface area contributed by atoms with Gasteiger partial charge in [-0.25, -0.2) is 4.79 Å². The molecule has 3 N–H and O–H groups in total. The van der Waals surface area contributed by atoms with Crippen LogP contribution >= 0.6 is 0 Å². The third-order valence-electron chi connectivity index (χ3n) is 3.32. The van der Waals surface area contributed by atoms with E-state index in [1.165, 1.54) is 12.8 Å². The van der Waals surface area contributed by atoms with E-state index >= 15 is 0 Å². The third kappa shape index (κ3) is 4.64. The van der Waals surface area contributed by atoms with Crippen molar-refractivity contribution in [1.82, 2.24) is 10.6 Å². The Morgan fingerprint density at radius 2 is 1.83 bits per heavy atom. The van der Waals surface area contributed by atoms with E-state index in [1.54, 1.807) is 20.8 Å². The molecule has 0 radical (unpaired) electrons. The highest BCUT2D eigenvalue weighted by atomic mass is 16.4. The molecule has 1 saturated carbocycles. The molecule has 18 heavy (non-hydrogen) atoms. The molecule has 1 atom stereocenters. The number of amides is 1. The molecule has 0 saturated heterocycles. The van der Waals surface area contributed by atoms with Gasteiger partial charge < -0.3 is 15.7 Å². The molecular weight excluding hydrogens is 232 g/mol. The number of hydrogen-bond donors (Lipinski definition) is 3. The number of nitrogens with one attached hydrogen (secondary N) is 2. The van der Waals surface area contributed by atoms with Crippen molar-refractivity contribution in [1.29, 1.82) is 0 Å². The Kier molecular flexibility index (Phi) is 5.14. The van der Waals surface area contributed by atoms with Crippen LogP contribution in [0.4, 0.5) is 0 Å². The SMILES string of the molecule is CC(C)(C)[C@@H](NC(=O)CNC1CCCC1)C(=O)O. The van der Waals surface area contributed by atoms with Gasteiger partial charge in [0.25, 0.3) is 0 Å². The lowest BCUT2D eigenvalue weighted by Crippen LogP contribution is -2.51. The van der Waals surface area contributed by atoms with Gasteiger partial charge in [-0.1, -0.05) is 33.6 Å². The lowest BCUT2D eigenvalue weighted by molar-refractivity contribution is -0.144. The van der Waals surface area contributed by atoms with Crippen LogP contribution in [0.15, 0.2) is 0 Å². The van der Waals surface area contributed by atoms with Gasteiger partial charge in [-0.15, -0.1) is 0 Å². The number of aliphatic carboxylic acids is 1. The summed E-state index contributed by atoms with van der Waals surface area (Å²) in [5.74, 6) is -1.24. The maximum Gasteiger partial charge on any atom is 0.326 e. The first-order valence-corrected chi connectivity index (χ1v) is 6.56. The van der Waals surface area contributed by atoms with Gasteiger partial charge in [0, 0.05) is 6.04 Å². The zero-order valence-electron chi connectivity index (χ0n) is 11.5. The molecule has 1 fully saturated rings. The van der Waals surface area contributed by atoms with Crippen LogP contribution in [-0.4, -0.2) is 35.6 Å². The highest BCUT2D eigenvalue weighted by Gasteiger charge is 2.32. The van der Waals surface area contributed by atoms with Gasteiger partial charge >= 0.3 is 5.97 Å². The molecule has 5 heteroatoms. The standard InChI is InChI=1S/C13H24N2O3/c1-13(2,3)11(12(17)18)15-10(16)8-14-9-6-4-5-7-9/h9,11,14H,4-8H2,1-3H3,(H,15,16)(H,17,18)/t11-/m0/s1. The largest absolute Gasteiger partial charge is 0.480 e. The van der Waals surface area contributed by atoms with Gasteiger partial charge in [0.2, 0.25) is 5.91 Å². The summed E-state index contributed by atoms with van der Waals surface area (Å²) in [6.45, 7) is 5.61. The van der Waals surface area contributed by atoms with E-state index in [0.717, 1.165) is 12.8 Å². The highest BCUT2D eigenvalue weighted by molar-refractivity contribution is 5.85. The smallest absolute Gasteiger partial charge is 0.326 e. The Morgan fingerprint density at radius 3 is 2.28 bits per heavy atom. The molecule has 1 aliphatic rings. The topological polar surface area (TPSA) is 78.4 Å². The first-order valence-electron chi connectivity index (χ1n) is 6.56. The zero-order chi connectivity index (χ0) is 13.8. The predicted molar refractivity (Wildman–Crippen MR) is 69.3 cm³/mol. The molecule has 0 spiro atoms. The van der Waals surface area contributed by atoms with Crippen molar-refractivity contribution in [2.45, 2.75) is 58.5 Å². The van der Waals surface area contributed by atoms with Crippen molar-refractivity contribution >= 4 is 11.9 Å². The molecule has 0 aliphatic heterocycles. The van der Waals surface area contributed by atoms with Crippen LogP contribution in [0, 0.1) is 5.41 Å². The second kappa shape index (κ2) is 6.18. The normalized spacial score (nSPS) is 18.6. The Hall–Kier alpha value is -1.10. The number of rotatable bonds is 5. The lowest BCUT2D eigenvalue weighted by Gasteiger charge is -2.28. The number of hydrogen-bond acceptors (Lipinski definition) is 3. The Bertz CT molecular complexity index is 304. The second-order valence-corrected chi connectivity index (χ2v) is 6.07. The first kappa shape index (κ1) is 15.0. The number of carboxylic acid groups (broad SMARTS) is 1. The molecule has 0 heterocycles. The average molecular weight is 256 g/mol. The molecule has 1 rings (SSSR count). The van der Waals surface area contributed by atoms with Crippen LogP contribution in [0.3, 0.4) is 0 Å². The van der Waals surface area contributed by atoms with E-state index in [9.17, 15) is 9.59 Å². The van der Waals surface area contributed by atoms with Gasteiger partial charge in [0.15, 0.2) is 0 Å². The van der Waals surface area contributed by atoms with Gasteiger partial charge in [0.1, 0.15) is 6.04 Å². The van der Waals surface area contributed by atoms with Crippen molar-refractivity contribution in [3.8, 4) is 0 Å². The van der Waals surface area contributed by atoms with Crippen molar-refractivity contribution in [2.24, 2.45) is 5.41 Å². The highest BCUT2D eigenvalue weighted by Crippen LogP contribution is 2.19. The van der Waals surface area contributed by atoms with E-state index in [0.29, 0.717) is 6.04 Å². The molecule has 0 bridgehead atoms. The second-order valence-electron chi connectivity index (χ2n) is 6.07. The molecule has 104 valence electrons. The number of carbonyl (C=O) groups excluding carboxylic acids is 1. The Balaban J connectivity index is 2.39. The quantitative estimate of drug-likeness (QED) is 0.689. The van der Waals surface area contributed by atoms with Crippen molar-refractivity contribution < 1.29 is 14.7 Å². The van der Waals surface area contributed by atoms with Crippen molar-refractivity contribution in [3.05, 3.63) is 0 Å². The summed E-state index contributed by atoms with van der Waals surface area (Å²) in [5, 5.41) is 14.9. The molecule has 0 unspecified atom stereocenters. The zero-order valence-corrected chi connectivity index (χ0v) is 11.5. The van der Waals surface area contributed by atoms with E-state index in [1.807, 2.05) is 0 Å². The van der Waals surface area contributed by atoms with Gasteiger partial charge in [0.05, 0.1) is 6.54 Å². The molecule has 0 aromatic heterocycles. The maximum atomic E-state index is 11.7. The van der Waals surface area contributed by atoms with Crippen molar-refractivity contribution in [2.75, 3.05) is 6.54 Å². The molecule has 0 aromatic carbocycles. The molecule has 1 amide bonds. The fourth-order valence-electron chi connectivity index (χ4n) is 2.23. The van der Waals surface area contributed by atoms with Crippen LogP contribution in [0.1, 0.15) is 46.5 Å².